The highest BCUT2D eigenvalue weighted by molar-refractivity contribution is 8.00. The molecule has 1 aliphatic heterocycles. The number of ether oxygens (including phenoxy) is 2. The molecule has 0 bridgehead atoms. The van der Waals surface area contributed by atoms with Gasteiger partial charge < -0.3 is 14.8 Å². The van der Waals surface area contributed by atoms with Gasteiger partial charge in [-0.15, -0.1) is 11.8 Å². The summed E-state index contributed by atoms with van der Waals surface area (Å²) in [5.74, 6) is 1.48. The standard InChI is InChI=1S/C19H21NO3S/c1-13-7-9-16(10-8-13)24-14(2)19(21)20-11-15-12-22-17-5-3-4-6-18(17)23-15/h3-10,14-15H,11-12H2,1-2H3,(H,20,21)/t14-,15-/m0/s1. The lowest BCUT2D eigenvalue weighted by atomic mass is 10.2. The van der Waals surface area contributed by atoms with Crippen molar-refractivity contribution in [3.05, 3.63) is 54.1 Å². The van der Waals surface area contributed by atoms with Crippen molar-refractivity contribution in [2.75, 3.05) is 13.2 Å². The summed E-state index contributed by atoms with van der Waals surface area (Å²) in [5, 5.41) is 2.79. The first kappa shape index (κ1) is 16.7. The average Bonchev–Trinajstić information content (AvgIpc) is 2.61. The highest BCUT2D eigenvalue weighted by atomic mass is 32.2. The van der Waals surface area contributed by atoms with Crippen molar-refractivity contribution in [2.45, 2.75) is 30.1 Å². The fourth-order valence-corrected chi connectivity index (χ4v) is 3.29. The molecule has 2 atom stereocenters. The molecule has 0 saturated heterocycles. The highest BCUT2D eigenvalue weighted by Gasteiger charge is 2.22. The van der Waals surface area contributed by atoms with Crippen molar-refractivity contribution in [3.8, 4) is 11.5 Å². The molecule has 2 aromatic rings. The Labute approximate surface area is 146 Å². The number of fused-ring (bicyclic) bond motifs is 1. The van der Waals surface area contributed by atoms with Gasteiger partial charge in [-0.2, -0.15) is 0 Å². The minimum atomic E-state index is -0.166. The zero-order valence-corrected chi connectivity index (χ0v) is 14.6. The zero-order chi connectivity index (χ0) is 16.9. The minimum absolute atomic E-state index is 0.00281. The number of thioether (sulfide) groups is 1. The Morgan fingerprint density at radius 2 is 1.92 bits per heavy atom. The summed E-state index contributed by atoms with van der Waals surface area (Å²) in [6.45, 7) is 4.84. The van der Waals surface area contributed by atoms with E-state index in [1.165, 1.54) is 5.56 Å². The predicted molar refractivity (Wildman–Crippen MR) is 95.9 cm³/mol. The molecular weight excluding hydrogens is 322 g/mol. The second kappa shape index (κ2) is 7.62. The van der Waals surface area contributed by atoms with Crippen molar-refractivity contribution in [1.29, 1.82) is 0 Å². The fourth-order valence-electron chi connectivity index (χ4n) is 2.40. The first-order chi connectivity index (χ1) is 11.6. The monoisotopic (exact) mass is 343 g/mol. The summed E-state index contributed by atoms with van der Waals surface area (Å²) >= 11 is 1.55. The van der Waals surface area contributed by atoms with Crippen LogP contribution in [-0.4, -0.2) is 30.4 Å². The van der Waals surface area contributed by atoms with Crippen molar-refractivity contribution < 1.29 is 14.3 Å². The number of benzene rings is 2. The second-order valence-electron chi connectivity index (χ2n) is 5.82. The first-order valence-electron chi connectivity index (χ1n) is 8.01. The highest BCUT2D eigenvalue weighted by Crippen LogP contribution is 2.30. The number of nitrogens with one attached hydrogen (secondary N) is 1. The lowest BCUT2D eigenvalue weighted by Crippen LogP contribution is -2.42. The van der Waals surface area contributed by atoms with Gasteiger partial charge in [0.1, 0.15) is 12.7 Å². The van der Waals surface area contributed by atoms with Crippen LogP contribution >= 0.6 is 11.8 Å². The van der Waals surface area contributed by atoms with E-state index < -0.39 is 0 Å². The molecule has 1 N–H and O–H groups in total. The maximum atomic E-state index is 12.3. The molecule has 0 aromatic heterocycles. The molecule has 126 valence electrons. The van der Waals surface area contributed by atoms with E-state index in [0.717, 1.165) is 16.4 Å². The van der Waals surface area contributed by atoms with Crippen LogP contribution in [0.3, 0.4) is 0 Å². The van der Waals surface area contributed by atoms with E-state index >= 15 is 0 Å². The third-order valence-corrected chi connectivity index (χ3v) is 4.89. The molecule has 0 fully saturated rings. The van der Waals surface area contributed by atoms with Crippen molar-refractivity contribution in [2.24, 2.45) is 0 Å². The third kappa shape index (κ3) is 4.23. The second-order valence-corrected chi connectivity index (χ2v) is 7.23. The van der Waals surface area contributed by atoms with E-state index in [1.54, 1.807) is 11.8 Å². The molecule has 1 heterocycles. The quantitative estimate of drug-likeness (QED) is 0.845. The maximum absolute atomic E-state index is 12.3. The number of carbonyl (C=O) groups is 1. The number of amides is 1. The Bertz CT molecular complexity index is 702. The molecule has 1 amide bonds. The number of aryl methyl sites for hydroxylation is 1. The van der Waals surface area contributed by atoms with Crippen molar-refractivity contribution >= 4 is 17.7 Å². The number of para-hydroxylation sites is 2. The minimum Gasteiger partial charge on any atom is -0.486 e. The van der Waals surface area contributed by atoms with Gasteiger partial charge in [-0.25, -0.2) is 0 Å². The van der Waals surface area contributed by atoms with Crippen LogP contribution in [0.5, 0.6) is 11.5 Å². The Morgan fingerprint density at radius 1 is 1.21 bits per heavy atom. The van der Waals surface area contributed by atoms with Gasteiger partial charge in [-0.05, 0) is 38.1 Å². The summed E-state index contributed by atoms with van der Waals surface area (Å²) in [6.07, 6.45) is -0.166. The Balaban J connectivity index is 1.48. The molecule has 0 aliphatic carbocycles. The van der Waals surface area contributed by atoms with E-state index in [1.807, 2.05) is 43.3 Å². The predicted octanol–water partition coefficient (Wildman–Crippen LogP) is 3.43. The summed E-state index contributed by atoms with van der Waals surface area (Å²) in [6, 6.07) is 15.8. The average molecular weight is 343 g/mol. The van der Waals surface area contributed by atoms with Gasteiger partial charge in [0.15, 0.2) is 11.5 Å². The van der Waals surface area contributed by atoms with E-state index in [0.29, 0.717) is 13.2 Å². The lowest BCUT2D eigenvalue weighted by molar-refractivity contribution is -0.120. The molecule has 0 spiro atoms. The summed E-state index contributed by atoms with van der Waals surface area (Å²) in [7, 11) is 0. The van der Waals surface area contributed by atoms with Crippen LogP contribution in [0.4, 0.5) is 0 Å². The van der Waals surface area contributed by atoms with Gasteiger partial charge in [0.05, 0.1) is 11.8 Å². The van der Waals surface area contributed by atoms with Crippen LogP contribution in [0, 0.1) is 6.92 Å². The Morgan fingerprint density at radius 3 is 2.67 bits per heavy atom. The molecule has 5 heteroatoms. The number of rotatable bonds is 5. The maximum Gasteiger partial charge on any atom is 0.233 e. The topological polar surface area (TPSA) is 47.6 Å². The van der Waals surface area contributed by atoms with Gasteiger partial charge >= 0.3 is 0 Å². The summed E-state index contributed by atoms with van der Waals surface area (Å²) in [4.78, 5) is 13.4. The van der Waals surface area contributed by atoms with E-state index in [9.17, 15) is 4.79 Å². The van der Waals surface area contributed by atoms with E-state index in [-0.39, 0.29) is 17.3 Å². The van der Waals surface area contributed by atoms with Gasteiger partial charge in [0.2, 0.25) is 5.91 Å². The van der Waals surface area contributed by atoms with Gasteiger partial charge in [-0.3, -0.25) is 4.79 Å². The molecular formula is C19H21NO3S. The van der Waals surface area contributed by atoms with Crippen LogP contribution in [0.15, 0.2) is 53.4 Å². The van der Waals surface area contributed by atoms with Gasteiger partial charge in [0, 0.05) is 4.90 Å². The molecule has 4 nitrogen and oxygen atoms in total. The molecule has 0 unspecified atom stereocenters. The molecule has 0 radical (unpaired) electrons. The summed E-state index contributed by atoms with van der Waals surface area (Å²) < 4.78 is 11.5. The summed E-state index contributed by atoms with van der Waals surface area (Å²) in [5.41, 5.74) is 1.21. The Kier molecular flexibility index (Phi) is 5.30. The van der Waals surface area contributed by atoms with Gasteiger partial charge in [0.25, 0.3) is 0 Å². The largest absolute Gasteiger partial charge is 0.486 e. The molecule has 1 aliphatic rings. The van der Waals surface area contributed by atoms with Gasteiger partial charge in [-0.1, -0.05) is 29.8 Å². The molecule has 3 rings (SSSR count). The molecule has 24 heavy (non-hydrogen) atoms. The van der Waals surface area contributed by atoms with Crippen LogP contribution in [0.1, 0.15) is 12.5 Å². The fraction of sp³-hybridized carbons (Fsp3) is 0.316. The van der Waals surface area contributed by atoms with E-state index in [4.69, 9.17) is 9.47 Å². The SMILES string of the molecule is Cc1ccc(S[C@@H](C)C(=O)NC[C@H]2COc3ccccc3O2)cc1. The first-order valence-corrected chi connectivity index (χ1v) is 8.89. The van der Waals surface area contributed by atoms with Crippen molar-refractivity contribution in [3.63, 3.8) is 0 Å². The van der Waals surface area contributed by atoms with Crippen LogP contribution in [0.2, 0.25) is 0 Å². The van der Waals surface area contributed by atoms with Crippen LogP contribution in [-0.2, 0) is 4.79 Å². The number of hydrogen-bond acceptors (Lipinski definition) is 4. The molecule has 0 saturated carbocycles. The zero-order valence-electron chi connectivity index (χ0n) is 13.8. The number of hydrogen-bond donors (Lipinski definition) is 1. The van der Waals surface area contributed by atoms with E-state index in [2.05, 4.69) is 24.4 Å². The smallest absolute Gasteiger partial charge is 0.233 e. The normalized spacial score (nSPS) is 17.2. The van der Waals surface area contributed by atoms with Crippen LogP contribution < -0.4 is 14.8 Å². The number of carbonyl (C=O) groups excluding carboxylic acids is 1. The third-order valence-electron chi connectivity index (χ3n) is 3.77. The van der Waals surface area contributed by atoms with Crippen molar-refractivity contribution in [1.82, 2.24) is 5.32 Å². The Hall–Kier alpha value is -2.14. The lowest BCUT2D eigenvalue weighted by Gasteiger charge is -2.26. The van der Waals surface area contributed by atoms with Crippen LogP contribution in [0.25, 0.3) is 0 Å². The molecule has 2 aromatic carbocycles.